The van der Waals surface area contributed by atoms with Gasteiger partial charge in [-0.05, 0) is 18.2 Å². The third-order valence-corrected chi connectivity index (χ3v) is 3.84. The van der Waals surface area contributed by atoms with E-state index < -0.39 is 23.8 Å². The van der Waals surface area contributed by atoms with E-state index in [1.165, 1.54) is 24.1 Å². The van der Waals surface area contributed by atoms with E-state index in [0.717, 1.165) is 12.1 Å². The molecule has 0 saturated carbocycles. The number of aliphatic hydroxyl groups excluding tert-OH is 1. The van der Waals surface area contributed by atoms with Gasteiger partial charge in [0.05, 0.1) is 24.9 Å². The molecule has 1 amide bonds. The van der Waals surface area contributed by atoms with Crippen LogP contribution in [0, 0.1) is 0 Å². The number of nitrogens with zero attached hydrogens (tertiary/aromatic N) is 2. The number of morpholine rings is 1. The summed E-state index contributed by atoms with van der Waals surface area (Å²) in [5.41, 5.74) is -0.915. The Labute approximate surface area is 138 Å². The van der Waals surface area contributed by atoms with Crippen LogP contribution < -0.4 is 0 Å². The highest BCUT2D eigenvalue weighted by atomic mass is 19.4. The van der Waals surface area contributed by atoms with Crippen molar-refractivity contribution in [2.24, 2.45) is 0 Å². The highest BCUT2D eigenvalue weighted by Gasteiger charge is 2.31. The maximum Gasteiger partial charge on any atom is 0.416 e. The number of ether oxygens (including phenoxy) is 1. The molecule has 1 heterocycles. The van der Waals surface area contributed by atoms with Gasteiger partial charge in [0.15, 0.2) is 0 Å². The molecule has 1 fully saturated rings. The predicted octanol–water partition coefficient (Wildman–Crippen LogP) is 1.47. The lowest BCUT2D eigenvalue weighted by Gasteiger charge is -2.30. The summed E-state index contributed by atoms with van der Waals surface area (Å²) in [5.74, 6) is -0.554. The van der Waals surface area contributed by atoms with Gasteiger partial charge in [0.1, 0.15) is 0 Å². The topological polar surface area (TPSA) is 53.0 Å². The SMILES string of the molecule is CN(CC(O)CN1CCOCC1)C(=O)c1cccc(C(F)(F)F)c1. The first-order chi connectivity index (χ1) is 11.3. The molecule has 1 aliphatic rings. The molecule has 1 aromatic rings. The Balaban J connectivity index is 1.93. The zero-order valence-electron chi connectivity index (χ0n) is 13.4. The summed E-state index contributed by atoms with van der Waals surface area (Å²) >= 11 is 0. The zero-order valence-corrected chi connectivity index (χ0v) is 13.4. The second-order valence-corrected chi connectivity index (χ2v) is 5.83. The molecule has 0 radical (unpaired) electrons. The number of hydrogen-bond donors (Lipinski definition) is 1. The van der Waals surface area contributed by atoms with Gasteiger partial charge < -0.3 is 14.7 Å². The van der Waals surface area contributed by atoms with E-state index >= 15 is 0 Å². The summed E-state index contributed by atoms with van der Waals surface area (Å²) in [6.45, 7) is 3.07. The molecule has 1 N–H and O–H groups in total. The number of rotatable bonds is 5. The number of likely N-dealkylation sites (N-methyl/N-ethyl adjacent to an activating group) is 1. The Bertz CT molecular complexity index is 560. The molecule has 0 bridgehead atoms. The highest BCUT2D eigenvalue weighted by molar-refractivity contribution is 5.94. The van der Waals surface area contributed by atoms with Crippen LogP contribution in [0.5, 0.6) is 0 Å². The summed E-state index contributed by atoms with van der Waals surface area (Å²) in [5, 5.41) is 10.1. The van der Waals surface area contributed by atoms with E-state index in [0.29, 0.717) is 32.8 Å². The second kappa shape index (κ2) is 7.96. The number of amides is 1. The van der Waals surface area contributed by atoms with Crippen LogP contribution in [0.1, 0.15) is 15.9 Å². The molecular formula is C16H21F3N2O3. The monoisotopic (exact) mass is 346 g/mol. The maximum atomic E-state index is 12.7. The van der Waals surface area contributed by atoms with Crippen LogP contribution >= 0.6 is 0 Å². The molecule has 8 heteroatoms. The van der Waals surface area contributed by atoms with Crippen LogP contribution in [0.3, 0.4) is 0 Å². The summed E-state index contributed by atoms with van der Waals surface area (Å²) in [7, 11) is 1.46. The van der Waals surface area contributed by atoms with Gasteiger partial charge in [-0.1, -0.05) is 6.07 Å². The lowest BCUT2D eigenvalue weighted by Crippen LogP contribution is -2.45. The molecule has 1 unspecified atom stereocenters. The second-order valence-electron chi connectivity index (χ2n) is 5.83. The van der Waals surface area contributed by atoms with Crippen molar-refractivity contribution in [3.8, 4) is 0 Å². The van der Waals surface area contributed by atoms with Crippen LogP contribution in [-0.2, 0) is 10.9 Å². The largest absolute Gasteiger partial charge is 0.416 e. The fourth-order valence-electron chi connectivity index (χ4n) is 2.59. The fraction of sp³-hybridized carbons (Fsp3) is 0.562. The number of β-amino-alcohol motifs (C(OH)–C–C–N with tert-alkyl or cyclic N) is 1. The Kier molecular flexibility index (Phi) is 6.20. The average molecular weight is 346 g/mol. The van der Waals surface area contributed by atoms with Crippen LogP contribution in [0.2, 0.25) is 0 Å². The van der Waals surface area contributed by atoms with Gasteiger partial charge in [-0.2, -0.15) is 13.2 Å². The van der Waals surface area contributed by atoms with Crippen LogP contribution in [0.4, 0.5) is 13.2 Å². The van der Waals surface area contributed by atoms with Gasteiger partial charge in [-0.25, -0.2) is 0 Å². The van der Waals surface area contributed by atoms with Crippen molar-refractivity contribution in [2.45, 2.75) is 12.3 Å². The standard InChI is InChI=1S/C16H21F3N2O3/c1-20(10-14(22)11-21-5-7-24-8-6-21)15(23)12-3-2-4-13(9-12)16(17,18)19/h2-4,9,14,22H,5-8,10-11H2,1H3. The summed E-state index contributed by atoms with van der Waals surface area (Å²) in [4.78, 5) is 15.5. The molecule has 0 aliphatic carbocycles. The lowest BCUT2D eigenvalue weighted by atomic mass is 10.1. The lowest BCUT2D eigenvalue weighted by molar-refractivity contribution is -0.137. The van der Waals surface area contributed by atoms with Crippen molar-refractivity contribution in [3.63, 3.8) is 0 Å². The van der Waals surface area contributed by atoms with Crippen molar-refractivity contribution >= 4 is 5.91 Å². The Hall–Kier alpha value is -1.64. The summed E-state index contributed by atoms with van der Waals surface area (Å²) in [6, 6.07) is 4.29. The van der Waals surface area contributed by atoms with E-state index in [4.69, 9.17) is 4.74 Å². The third-order valence-electron chi connectivity index (χ3n) is 3.84. The normalized spacial score (nSPS) is 17.5. The Morgan fingerprint density at radius 1 is 1.38 bits per heavy atom. The van der Waals surface area contributed by atoms with Gasteiger partial charge in [-0.15, -0.1) is 0 Å². The number of carbonyl (C=O) groups excluding carboxylic acids is 1. The number of hydrogen-bond acceptors (Lipinski definition) is 4. The number of carbonyl (C=O) groups is 1. The minimum atomic E-state index is -4.50. The van der Waals surface area contributed by atoms with Gasteiger partial charge >= 0.3 is 6.18 Å². The van der Waals surface area contributed by atoms with Gasteiger partial charge in [0.2, 0.25) is 0 Å². The molecule has 1 aliphatic heterocycles. The predicted molar refractivity (Wildman–Crippen MR) is 81.7 cm³/mol. The van der Waals surface area contributed by atoms with Crippen LogP contribution in [0.25, 0.3) is 0 Å². The number of halogens is 3. The molecule has 134 valence electrons. The first-order valence-electron chi connectivity index (χ1n) is 7.68. The summed E-state index contributed by atoms with van der Waals surface area (Å²) in [6.07, 6.45) is -5.27. The molecule has 1 atom stereocenters. The molecule has 1 aromatic carbocycles. The van der Waals surface area contributed by atoms with Crippen molar-refractivity contribution in [1.82, 2.24) is 9.80 Å². The number of benzene rings is 1. The Morgan fingerprint density at radius 3 is 2.67 bits per heavy atom. The van der Waals surface area contributed by atoms with E-state index in [1.54, 1.807) is 0 Å². The van der Waals surface area contributed by atoms with Crippen molar-refractivity contribution in [1.29, 1.82) is 0 Å². The maximum absolute atomic E-state index is 12.7. The molecule has 5 nitrogen and oxygen atoms in total. The smallest absolute Gasteiger partial charge is 0.390 e. The van der Waals surface area contributed by atoms with Crippen LogP contribution in [-0.4, -0.2) is 73.4 Å². The first-order valence-corrected chi connectivity index (χ1v) is 7.68. The van der Waals surface area contributed by atoms with Crippen molar-refractivity contribution < 1.29 is 27.8 Å². The molecular weight excluding hydrogens is 325 g/mol. The zero-order chi connectivity index (χ0) is 17.7. The highest BCUT2D eigenvalue weighted by Crippen LogP contribution is 2.29. The number of aliphatic hydroxyl groups is 1. The minimum Gasteiger partial charge on any atom is -0.390 e. The molecule has 1 saturated heterocycles. The van der Waals surface area contributed by atoms with E-state index in [1.807, 2.05) is 4.90 Å². The Morgan fingerprint density at radius 2 is 2.04 bits per heavy atom. The fourth-order valence-corrected chi connectivity index (χ4v) is 2.59. The van der Waals surface area contributed by atoms with Crippen LogP contribution in [0.15, 0.2) is 24.3 Å². The van der Waals surface area contributed by atoms with E-state index in [-0.39, 0.29) is 12.1 Å². The summed E-state index contributed by atoms with van der Waals surface area (Å²) < 4.78 is 43.4. The molecule has 0 spiro atoms. The quantitative estimate of drug-likeness (QED) is 0.877. The average Bonchev–Trinajstić information content (AvgIpc) is 2.54. The molecule has 2 rings (SSSR count). The number of alkyl halides is 3. The van der Waals surface area contributed by atoms with E-state index in [2.05, 4.69) is 0 Å². The third kappa shape index (κ3) is 5.19. The molecule has 0 aromatic heterocycles. The van der Waals surface area contributed by atoms with Crippen molar-refractivity contribution in [3.05, 3.63) is 35.4 Å². The van der Waals surface area contributed by atoms with Gasteiger partial charge in [-0.3, -0.25) is 9.69 Å². The molecule has 24 heavy (non-hydrogen) atoms. The van der Waals surface area contributed by atoms with Gasteiger partial charge in [0, 0.05) is 38.8 Å². The van der Waals surface area contributed by atoms with Crippen molar-refractivity contribution in [2.75, 3.05) is 46.4 Å². The minimum absolute atomic E-state index is 0.0481. The van der Waals surface area contributed by atoms with Gasteiger partial charge in [0.25, 0.3) is 5.91 Å². The van der Waals surface area contributed by atoms with E-state index in [9.17, 15) is 23.1 Å². The first kappa shape index (κ1) is 18.7.